The number of nitrogens with one attached hydrogen (secondary N) is 1. The van der Waals surface area contributed by atoms with Crippen LogP contribution < -0.4 is 5.32 Å². The molecule has 1 amide bonds. The zero-order valence-corrected chi connectivity index (χ0v) is 17.7. The van der Waals surface area contributed by atoms with Crippen molar-refractivity contribution in [3.63, 3.8) is 0 Å². The standard InChI is InChI=1S/C20H23N3O5S/c1-20(2,3)19-22-16-12-14(8-11-17(16)28-19)21-18(24)13-6-9-15(10-7-13)29(25,26)23(4)27-5/h6-12H,1-5H3,(H,21,24). The fourth-order valence-corrected chi connectivity index (χ4v) is 3.53. The van der Waals surface area contributed by atoms with E-state index >= 15 is 0 Å². The Balaban J connectivity index is 1.79. The van der Waals surface area contributed by atoms with Gasteiger partial charge in [0.05, 0.1) is 12.0 Å². The molecule has 0 aliphatic heterocycles. The maximum atomic E-state index is 12.5. The van der Waals surface area contributed by atoms with Crippen molar-refractivity contribution >= 4 is 32.7 Å². The predicted octanol–water partition coefficient (Wildman–Crippen LogP) is 3.56. The number of benzene rings is 2. The van der Waals surface area contributed by atoms with E-state index in [-0.39, 0.29) is 16.2 Å². The molecule has 0 spiro atoms. The molecule has 0 saturated carbocycles. The van der Waals surface area contributed by atoms with Gasteiger partial charge in [0.25, 0.3) is 15.9 Å². The Labute approximate surface area is 169 Å². The highest BCUT2D eigenvalue weighted by molar-refractivity contribution is 7.89. The van der Waals surface area contributed by atoms with Crippen molar-refractivity contribution in [2.75, 3.05) is 19.5 Å². The lowest BCUT2D eigenvalue weighted by atomic mass is 9.97. The molecule has 2 aromatic carbocycles. The third-order valence-electron chi connectivity index (χ3n) is 4.30. The fourth-order valence-electron chi connectivity index (χ4n) is 2.55. The third-order valence-corrected chi connectivity index (χ3v) is 5.99. The first-order valence-electron chi connectivity index (χ1n) is 8.88. The first-order chi connectivity index (χ1) is 13.5. The summed E-state index contributed by atoms with van der Waals surface area (Å²) < 4.78 is 30.9. The van der Waals surface area contributed by atoms with E-state index in [4.69, 9.17) is 9.25 Å². The molecule has 1 heterocycles. The minimum Gasteiger partial charge on any atom is -0.440 e. The van der Waals surface area contributed by atoms with Gasteiger partial charge >= 0.3 is 0 Å². The quantitative estimate of drug-likeness (QED) is 0.637. The summed E-state index contributed by atoms with van der Waals surface area (Å²) >= 11 is 0. The Morgan fingerprint density at radius 1 is 1.14 bits per heavy atom. The van der Waals surface area contributed by atoms with Gasteiger partial charge in [0.2, 0.25) is 5.89 Å². The average molecular weight is 417 g/mol. The molecule has 0 radical (unpaired) electrons. The lowest BCUT2D eigenvalue weighted by molar-refractivity contribution is -0.0258. The number of aromatic nitrogens is 1. The van der Waals surface area contributed by atoms with Gasteiger partial charge in [-0.15, -0.1) is 0 Å². The zero-order valence-electron chi connectivity index (χ0n) is 16.9. The van der Waals surface area contributed by atoms with E-state index in [0.29, 0.717) is 28.2 Å². The van der Waals surface area contributed by atoms with Crippen LogP contribution in [-0.2, 0) is 20.3 Å². The molecule has 0 bridgehead atoms. The number of amides is 1. The second-order valence-corrected chi connectivity index (χ2v) is 9.46. The van der Waals surface area contributed by atoms with Crippen LogP contribution in [-0.4, -0.2) is 37.9 Å². The van der Waals surface area contributed by atoms with Crippen LogP contribution in [0.3, 0.4) is 0 Å². The number of anilines is 1. The van der Waals surface area contributed by atoms with Gasteiger partial charge in [-0.05, 0) is 42.5 Å². The molecule has 9 heteroatoms. The van der Waals surface area contributed by atoms with Crippen LogP contribution in [0.25, 0.3) is 11.1 Å². The van der Waals surface area contributed by atoms with Crippen LogP contribution in [0.15, 0.2) is 51.8 Å². The number of carbonyl (C=O) groups excluding carboxylic acids is 1. The first kappa shape index (κ1) is 21.0. The van der Waals surface area contributed by atoms with E-state index in [1.54, 1.807) is 18.2 Å². The number of nitrogens with zero attached hydrogens (tertiary/aromatic N) is 2. The second kappa shape index (κ2) is 7.58. The van der Waals surface area contributed by atoms with Crippen LogP contribution in [0.1, 0.15) is 37.0 Å². The molecule has 0 atom stereocenters. The normalized spacial score (nSPS) is 12.5. The molecule has 0 fully saturated rings. The van der Waals surface area contributed by atoms with Crippen molar-refractivity contribution < 1.29 is 22.5 Å². The van der Waals surface area contributed by atoms with Gasteiger partial charge in [-0.25, -0.2) is 13.4 Å². The monoisotopic (exact) mass is 417 g/mol. The number of rotatable bonds is 5. The highest BCUT2D eigenvalue weighted by atomic mass is 32.2. The van der Waals surface area contributed by atoms with Crippen molar-refractivity contribution in [2.24, 2.45) is 0 Å². The van der Waals surface area contributed by atoms with Crippen LogP contribution in [0, 0.1) is 0 Å². The molecular weight excluding hydrogens is 394 g/mol. The summed E-state index contributed by atoms with van der Waals surface area (Å²) in [6, 6.07) is 10.8. The van der Waals surface area contributed by atoms with Crippen molar-refractivity contribution in [3.05, 3.63) is 53.9 Å². The number of hydrogen-bond acceptors (Lipinski definition) is 6. The van der Waals surface area contributed by atoms with Crippen molar-refractivity contribution in [1.29, 1.82) is 0 Å². The zero-order chi connectivity index (χ0) is 21.4. The second-order valence-electron chi connectivity index (χ2n) is 7.53. The summed E-state index contributed by atoms with van der Waals surface area (Å²) in [6.45, 7) is 6.03. The smallest absolute Gasteiger partial charge is 0.264 e. The Morgan fingerprint density at radius 3 is 2.38 bits per heavy atom. The lowest BCUT2D eigenvalue weighted by Crippen LogP contribution is -2.25. The van der Waals surface area contributed by atoms with E-state index in [2.05, 4.69) is 10.3 Å². The molecular formula is C20H23N3O5S. The molecule has 0 aliphatic rings. The molecule has 29 heavy (non-hydrogen) atoms. The fraction of sp³-hybridized carbons (Fsp3) is 0.300. The highest BCUT2D eigenvalue weighted by Crippen LogP contribution is 2.27. The molecule has 1 N–H and O–H groups in total. The average Bonchev–Trinajstić information content (AvgIpc) is 3.11. The van der Waals surface area contributed by atoms with Crippen molar-refractivity contribution in [2.45, 2.75) is 31.1 Å². The predicted molar refractivity (Wildman–Crippen MR) is 109 cm³/mol. The van der Waals surface area contributed by atoms with Crippen molar-refractivity contribution in [1.82, 2.24) is 9.45 Å². The minimum atomic E-state index is -3.76. The van der Waals surface area contributed by atoms with Crippen LogP contribution in [0.5, 0.6) is 0 Å². The van der Waals surface area contributed by atoms with Crippen molar-refractivity contribution in [3.8, 4) is 0 Å². The summed E-state index contributed by atoms with van der Waals surface area (Å²) in [4.78, 5) is 21.8. The van der Waals surface area contributed by atoms with E-state index < -0.39 is 10.0 Å². The number of hydroxylamine groups is 1. The lowest BCUT2D eigenvalue weighted by Gasteiger charge is -2.14. The van der Waals surface area contributed by atoms with Crippen LogP contribution in [0.4, 0.5) is 5.69 Å². The summed E-state index contributed by atoms with van der Waals surface area (Å²) in [5, 5.41) is 2.79. The topological polar surface area (TPSA) is 102 Å². The molecule has 8 nitrogen and oxygen atoms in total. The molecule has 0 saturated heterocycles. The Bertz CT molecular complexity index is 1150. The molecule has 0 unspecified atom stereocenters. The summed E-state index contributed by atoms with van der Waals surface area (Å²) in [7, 11) is -1.21. The Kier molecular flexibility index (Phi) is 5.48. The van der Waals surface area contributed by atoms with Gasteiger partial charge in [-0.2, -0.15) is 0 Å². The molecule has 3 rings (SSSR count). The maximum absolute atomic E-state index is 12.5. The van der Waals surface area contributed by atoms with E-state index in [1.165, 1.54) is 38.4 Å². The number of sulfonamides is 1. The molecule has 1 aromatic heterocycles. The maximum Gasteiger partial charge on any atom is 0.264 e. The highest BCUT2D eigenvalue weighted by Gasteiger charge is 2.22. The van der Waals surface area contributed by atoms with E-state index in [1.807, 2.05) is 20.8 Å². The van der Waals surface area contributed by atoms with Crippen LogP contribution >= 0.6 is 0 Å². The number of oxazole rings is 1. The van der Waals surface area contributed by atoms with Crippen LogP contribution in [0.2, 0.25) is 0 Å². The van der Waals surface area contributed by atoms with Gasteiger partial charge in [0.15, 0.2) is 5.58 Å². The van der Waals surface area contributed by atoms with Gasteiger partial charge in [0, 0.05) is 23.7 Å². The third kappa shape index (κ3) is 4.31. The van der Waals surface area contributed by atoms with Gasteiger partial charge in [-0.3, -0.25) is 9.63 Å². The number of hydrogen-bond donors (Lipinski definition) is 1. The SMILES string of the molecule is CON(C)S(=O)(=O)c1ccc(C(=O)Nc2ccc3oc(C(C)(C)C)nc3c2)cc1. The largest absolute Gasteiger partial charge is 0.440 e. The van der Waals surface area contributed by atoms with Gasteiger partial charge in [0.1, 0.15) is 5.52 Å². The molecule has 0 aliphatic carbocycles. The Morgan fingerprint density at radius 2 is 1.79 bits per heavy atom. The van der Waals surface area contributed by atoms with Gasteiger partial charge in [-0.1, -0.05) is 25.2 Å². The van der Waals surface area contributed by atoms with Gasteiger partial charge < -0.3 is 9.73 Å². The van der Waals surface area contributed by atoms with E-state index in [9.17, 15) is 13.2 Å². The Hall–Kier alpha value is -2.75. The summed E-state index contributed by atoms with van der Waals surface area (Å²) in [5.41, 5.74) is 1.95. The molecule has 154 valence electrons. The van der Waals surface area contributed by atoms with E-state index in [0.717, 1.165) is 4.47 Å². The minimum absolute atomic E-state index is 0.0251. The number of fused-ring (bicyclic) bond motifs is 1. The first-order valence-corrected chi connectivity index (χ1v) is 10.3. The summed E-state index contributed by atoms with van der Waals surface area (Å²) in [6.07, 6.45) is 0. The number of carbonyl (C=O) groups is 1. The summed E-state index contributed by atoms with van der Waals surface area (Å²) in [5.74, 6) is 0.252. The molecule has 3 aromatic rings.